The number of rotatable bonds is 6. The van der Waals surface area contributed by atoms with E-state index in [0.29, 0.717) is 18.5 Å². The molecule has 28 heavy (non-hydrogen) atoms. The van der Waals surface area contributed by atoms with E-state index in [1.807, 2.05) is 42.5 Å². The second kappa shape index (κ2) is 8.57. The number of carbonyl (C=O) groups excluding carboxylic acids is 2. The third kappa shape index (κ3) is 3.94. The summed E-state index contributed by atoms with van der Waals surface area (Å²) in [7, 11) is 0. The van der Waals surface area contributed by atoms with Gasteiger partial charge in [0.2, 0.25) is 5.91 Å². The first-order valence-electron chi connectivity index (χ1n) is 10.2. The molecule has 0 bridgehead atoms. The summed E-state index contributed by atoms with van der Waals surface area (Å²) in [4.78, 5) is 30.2. The number of hydrogen-bond acceptors (Lipinski definition) is 3. The van der Waals surface area contributed by atoms with E-state index < -0.39 is 6.04 Å². The van der Waals surface area contributed by atoms with Gasteiger partial charge >= 0.3 is 0 Å². The predicted molar refractivity (Wildman–Crippen MR) is 110 cm³/mol. The second-order valence-electron chi connectivity index (χ2n) is 7.58. The van der Waals surface area contributed by atoms with Gasteiger partial charge in [0.25, 0.3) is 5.91 Å². The van der Waals surface area contributed by atoms with Gasteiger partial charge in [0.15, 0.2) is 0 Å². The molecule has 0 spiro atoms. The van der Waals surface area contributed by atoms with Gasteiger partial charge in [-0.25, -0.2) is 0 Å². The van der Waals surface area contributed by atoms with Crippen molar-refractivity contribution >= 4 is 17.5 Å². The molecule has 1 atom stereocenters. The minimum Gasteiger partial charge on any atom is -0.354 e. The number of hydrogen-bond donors (Lipinski definition) is 1. The third-order valence-corrected chi connectivity index (χ3v) is 5.67. The maximum atomic E-state index is 13.2. The van der Waals surface area contributed by atoms with Crippen LogP contribution in [0.25, 0.3) is 0 Å². The Kier molecular flexibility index (Phi) is 5.72. The van der Waals surface area contributed by atoms with Crippen molar-refractivity contribution in [3.05, 3.63) is 65.7 Å². The summed E-state index contributed by atoms with van der Waals surface area (Å²) in [6, 6.07) is 16.5. The van der Waals surface area contributed by atoms with Gasteiger partial charge in [-0.15, -0.1) is 0 Å². The molecule has 2 heterocycles. The largest absolute Gasteiger partial charge is 0.354 e. The van der Waals surface area contributed by atoms with Crippen molar-refractivity contribution < 1.29 is 9.59 Å². The lowest BCUT2D eigenvalue weighted by molar-refractivity contribution is -0.122. The van der Waals surface area contributed by atoms with E-state index >= 15 is 0 Å². The molecule has 2 aromatic rings. The highest BCUT2D eigenvalue weighted by Gasteiger charge is 2.38. The standard InChI is InChI=1S/C23H27N3O2/c27-22(24-13-8-16-25-14-6-7-15-25)21-17-19-11-4-5-12-20(19)26(21)23(28)18-9-2-1-3-10-18/h1-5,9-12,21H,6-8,13-17H2,(H,24,27). The Morgan fingerprint density at radius 2 is 1.68 bits per heavy atom. The highest BCUT2D eigenvalue weighted by molar-refractivity contribution is 6.11. The summed E-state index contributed by atoms with van der Waals surface area (Å²) in [5.74, 6) is -0.190. The van der Waals surface area contributed by atoms with Crippen LogP contribution in [-0.4, -0.2) is 48.9 Å². The van der Waals surface area contributed by atoms with Crippen LogP contribution >= 0.6 is 0 Å². The second-order valence-corrected chi connectivity index (χ2v) is 7.58. The molecule has 0 aliphatic carbocycles. The lowest BCUT2D eigenvalue weighted by Gasteiger charge is -2.25. The molecule has 1 saturated heterocycles. The van der Waals surface area contributed by atoms with Crippen molar-refractivity contribution in [2.45, 2.75) is 31.7 Å². The summed E-state index contributed by atoms with van der Waals surface area (Å²) in [6.07, 6.45) is 4.07. The summed E-state index contributed by atoms with van der Waals surface area (Å²) >= 11 is 0. The van der Waals surface area contributed by atoms with Crippen LogP contribution < -0.4 is 10.2 Å². The van der Waals surface area contributed by atoms with Gasteiger partial charge in [-0.05, 0) is 62.7 Å². The fourth-order valence-corrected chi connectivity index (χ4v) is 4.20. The van der Waals surface area contributed by atoms with Crippen molar-refractivity contribution in [3.8, 4) is 0 Å². The first-order valence-corrected chi connectivity index (χ1v) is 10.2. The third-order valence-electron chi connectivity index (χ3n) is 5.67. The fraction of sp³-hybridized carbons (Fsp3) is 0.391. The molecule has 1 N–H and O–H groups in total. The van der Waals surface area contributed by atoms with Crippen LogP contribution in [0.2, 0.25) is 0 Å². The molecule has 0 aromatic heterocycles. The number of fused-ring (bicyclic) bond motifs is 1. The van der Waals surface area contributed by atoms with Crippen molar-refractivity contribution in [1.29, 1.82) is 0 Å². The Morgan fingerprint density at radius 1 is 0.964 bits per heavy atom. The van der Waals surface area contributed by atoms with Gasteiger partial charge in [-0.3, -0.25) is 14.5 Å². The fourth-order valence-electron chi connectivity index (χ4n) is 4.20. The number of para-hydroxylation sites is 1. The van der Waals surface area contributed by atoms with E-state index in [1.165, 1.54) is 25.9 Å². The SMILES string of the molecule is O=C(NCCCN1CCCC1)C1Cc2ccccc2N1C(=O)c1ccccc1. The van der Waals surface area contributed by atoms with Crippen LogP contribution in [0.15, 0.2) is 54.6 Å². The quantitative estimate of drug-likeness (QED) is 0.788. The minimum absolute atomic E-state index is 0.0677. The zero-order valence-electron chi connectivity index (χ0n) is 16.1. The number of anilines is 1. The normalized spacial score (nSPS) is 18.9. The number of carbonyl (C=O) groups is 2. The number of amides is 2. The van der Waals surface area contributed by atoms with Crippen LogP contribution in [-0.2, 0) is 11.2 Å². The molecule has 1 unspecified atom stereocenters. The van der Waals surface area contributed by atoms with Gasteiger partial charge < -0.3 is 10.2 Å². The van der Waals surface area contributed by atoms with Crippen LogP contribution in [0.1, 0.15) is 35.2 Å². The molecular weight excluding hydrogens is 350 g/mol. The Morgan fingerprint density at radius 3 is 2.46 bits per heavy atom. The first-order chi connectivity index (χ1) is 13.7. The van der Waals surface area contributed by atoms with Crippen LogP contribution in [0, 0.1) is 0 Å². The van der Waals surface area contributed by atoms with Crippen molar-refractivity contribution in [3.63, 3.8) is 0 Å². The molecule has 1 fully saturated rings. The molecule has 5 nitrogen and oxygen atoms in total. The average Bonchev–Trinajstić information content (AvgIpc) is 3.39. The predicted octanol–water partition coefficient (Wildman–Crippen LogP) is 2.86. The number of nitrogens with zero attached hydrogens (tertiary/aromatic N) is 2. The van der Waals surface area contributed by atoms with E-state index in [0.717, 1.165) is 24.2 Å². The molecule has 2 amide bonds. The molecule has 5 heteroatoms. The maximum absolute atomic E-state index is 13.2. The lowest BCUT2D eigenvalue weighted by atomic mass is 10.1. The summed E-state index contributed by atoms with van der Waals surface area (Å²) < 4.78 is 0. The van der Waals surface area contributed by atoms with Crippen molar-refractivity contribution in [1.82, 2.24) is 10.2 Å². The summed E-state index contributed by atoms with van der Waals surface area (Å²) in [6.45, 7) is 4.02. The van der Waals surface area contributed by atoms with Gasteiger partial charge in [0.05, 0.1) is 0 Å². The highest BCUT2D eigenvalue weighted by atomic mass is 16.2. The smallest absolute Gasteiger partial charge is 0.259 e. The molecule has 146 valence electrons. The van der Waals surface area contributed by atoms with Gasteiger partial charge in [-0.1, -0.05) is 36.4 Å². The molecule has 0 radical (unpaired) electrons. The Hall–Kier alpha value is -2.66. The van der Waals surface area contributed by atoms with Gasteiger partial charge in [-0.2, -0.15) is 0 Å². The Bertz CT molecular complexity index is 831. The number of likely N-dealkylation sites (tertiary alicyclic amines) is 1. The molecule has 2 aliphatic heterocycles. The number of benzene rings is 2. The molecule has 4 rings (SSSR count). The summed E-state index contributed by atoms with van der Waals surface area (Å²) in [5.41, 5.74) is 2.49. The van der Waals surface area contributed by atoms with E-state index in [9.17, 15) is 9.59 Å². The van der Waals surface area contributed by atoms with E-state index in [-0.39, 0.29) is 11.8 Å². The molecule has 0 saturated carbocycles. The zero-order valence-corrected chi connectivity index (χ0v) is 16.1. The van der Waals surface area contributed by atoms with E-state index in [4.69, 9.17) is 0 Å². The maximum Gasteiger partial charge on any atom is 0.259 e. The Labute approximate surface area is 166 Å². The minimum atomic E-state index is -0.489. The molecule has 2 aliphatic rings. The van der Waals surface area contributed by atoms with Gasteiger partial charge in [0.1, 0.15) is 6.04 Å². The van der Waals surface area contributed by atoms with Gasteiger partial charge in [0, 0.05) is 24.2 Å². The molecular formula is C23H27N3O2. The van der Waals surface area contributed by atoms with E-state index in [2.05, 4.69) is 10.2 Å². The van der Waals surface area contributed by atoms with Crippen LogP contribution in [0.4, 0.5) is 5.69 Å². The highest BCUT2D eigenvalue weighted by Crippen LogP contribution is 2.33. The van der Waals surface area contributed by atoms with Crippen molar-refractivity contribution in [2.75, 3.05) is 31.1 Å². The summed E-state index contributed by atoms with van der Waals surface area (Å²) in [5, 5.41) is 3.06. The topological polar surface area (TPSA) is 52.7 Å². The first kappa shape index (κ1) is 18.7. The van der Waals surface area contributed by atoms with Crippen LogP contribution in [0.5, 0.6) is 0 Å². The zero-order chi connectivity index (χ0) is 19.3. The van der Waals surface area contributed by atoms with Crippen LogP contribution in [0.3, 0.4) is 0 Å². The lowest BCUT2D eigenvalue weighted by Crippen LogP contribution is -2.48. The van der Waals surface area contributed by atoms with E-state index in [1.54, 1.807) is 17.0 Å². The monoisotopic (exact) mass is 377 g/mol. The number of nitrogens with one attached hydrogen (secondary N) is 1. The average molecular weight is 377 g/mol. The Balaban J connectivity index is 1.44. The molecule has 2 aromatic carbocycles. The van der Waals surface area contributed by atoms with Crippen molar-refractivity contribution in [2.24, 2.45) is 0 Å².